The van der Waals surface area contributed by atoms with Crippen LogP contribution in [0.4, 0.5) is 0 Å². The van der Waals surface area contributed by atoms with Gasteiger partial charge >= 0.3 is 0 Å². The number of piperazine rings is 1. The predicted molar refractivity (Wildman–Crippen MR) is 102 cm³/mol. The highest BCUT2D eigenvalue weighted by Crippen LogP contribution is 2.13. The zero-order chi connectivity index (χ0) is 15.1. The van der Waals surface area contributed by atoms with Crippen molar-refractivity contribution in [1.82, 2.24) is 15.1 Å². The maximum atomic E-state index is 5.89. The maximum absolute atomic E-state index is 5.89. The fraction of sp³-hybridized carbons (Fsp3) is 0.800. The third-order valence-corrected chi connectivity index (χ3v) is 3.80. The van der Waals surface area contributed by atoms with Crippen molar-refractivity contribution >= 4 is 29.9 Å². The number of aliphatic imine (C=N–C) groups is 1. The largest absolute Gasteiger partial charge is 0.370 e. The standard InChI is InChI=1S/C15H31N5.HI/c1-12(2)10-17-15(16)18-11-14(13(3)4)20-8-6-19(5)7-9-20;/h13-14H,1,6-11H2,2-5H3,(H3,16,17,18);1H. The Morgan fingerprint density at radius 2 is 1.86 bits per heavy atom. The summed E-state index contributed by atoms with van der Waals surface area (Å²) in [7, 11) is 2.18. The van der Waals surface area contributed by atoms with Gasteiger partial charge < -0.3 is 16.0 Å². The number of hydrogen-bond acceptors (Lipinski definition) is 3. The summed E-state index contributed by atoms with van der Waals surface area (Å²) in [6, 6.07) is 0.467. The molecule has 0 aromatic rings. The van der Waals surface area contributed by atoms with Gasteiger partial charge in [0.25, 0.3) is 0 Å². The molecule has 0 radical (unpaired) electrons. The van der Waals surface area contributed by atoms with E-state index < -0.39 is 0 Å². The molecular formula is C15H32IN5. The summed E-state index contributed by atoms with van der Waals surface area (Å²) >= 11 is 0. The van der Waals surface area contributed by atoms with Crippen molar-refractivity contribution in [2.75, 3.05) is 46.3 Å². The van der Waals surface area contributed by atoms with Gasteiger partial charge in [-0.1, -0.05) is 26.0 Å². The molecular weight excluding hydrogens is 377 g/mol. The van der Waals surface area contributed by atoms with Crippen LogP contribution in [0.15, 0.2) is 17.1 Å². The van der Waals surface area contributed by atoms with Crippen LogP contribution in [0, 0.1) is 5.92 Å². The average Bonchev–Trinajstić information content (AvgIpc) is 2.38. The van der Waals surface area contributed by atoms with E-state index in [1.807, 2.05) is 6.92 Å². The normalized spacial score (nSPS) is 19.2. The highest BCUT2D eigenvalue weighted by atomic mass is 127. The van der Waals surface area contributed by atoms with Gasteiger partial charge in [0.1, 0.15) is 0 Å². The van der Waals surface area contributed by atoms with Crippen molar-refractivity contribution < 1.29 is 0 Å². The van der Waals surface area contributed by atoms with Gasteiger partial charge in [-0.15, -0.1) is 24.0 Å². The molecule has 0 spiro atoms. The first-order valence-corrected chi connectivity index (χ1v) is 7.51. The molecule has 0 aromatic carbocycles. The number of rotatable bonds is 6. The van der Waals surface area contributed by atoms with E-state index in [9.17, 15) is 0 Å². The van der Waals surface area contributed by atoms with Crippen LogP contribution in [0.5, 0.6) is 0 Å². The maximum Gasteiger partial charge on any atom is 0.188 e. The van der Waals surface area contributed by atoms with Crippen molar-refractivity contribution in [3.05, 3.63) is 12.2 Å². The Bertz CT molecular complexity index is 335. The summed E-state index contributed by atoms with van der Waals surface area (Å²) in [6.07, 6.45) is 0. The SMILES string of the molecule is C=C(C)CNC(N)=NCC(C(C)C)N1CCN(C)CC1.I. The number of nitrogens with zero attached hydrogens (tertiary/aromatic N) is 3. The van der Waals surface area contributed by atoms with Gasteiger partial charge in [-0.3, -0.25) is 9.89 Å². The Morgan fingerprint density at radius 1 is 1.29 bits per heavy atom. The second-order valence-electron chi connectivity index (χ2n) is 6.19. The van der Waals surface area contributed by atoms with E-state index in [1.54, 1.807) is 0 Å². The molecule has 1 saturated heterocycles. The summed E-state index contributed by atoms with van der Waals surface area (Å²) in [5.41, 5.74) is 6.95. The quantitative estimate of drug-likeness (QED) is 0.301. The lowest BCUT2D eigenvalue weighted by Gasteiger charge is -2.39. The molecule has 1 heterocycles. The van der Waals surface area contributed by atoms with Gasteiger partial charge in [0.15, 0.2) is 5.96 Å². The van der Waals surface area contributed by atoms with E-state index in [0.717, 1.165) is 38.3 Å². The fourth-order valence-corrected chi connectivity index (χ4v) is 2.39. The number of likely N-dealkylation sites (N-methyl/N-ethyl adjacent to an activating group) is 1. The van der Waals surface area contributed by atoms with Crippen molar-refractivity contribution in [3.63, 3.8) is 0 Å². The van der Waals surface area contributed by atoms with Crippen LogP contribution < -0.4 is 11.1 Å². The van der Waals surface area contributed by atoms with Crippen LogP contribution in [0.2, 0.25) is 0 Å². The molecule has 1 aliphatic heterocycles. The Kier molecular flexibility index (Phi) is 10.2. The molecule has 124 valence electrons. The zero-order valence-corrected chi connectivity index (χ0v) is 16.3. The van der Waals surface area contributed by atoms with E-state index in [0.29, 0.717) is 24.5 Å². The fourth-order valence-electron chi connectivity index (χ4n) is 2.39. The molecule has 3 N–H and O–H groups in total. The molecule has 1 unspecified atom stereocenters. The molecule has 21 heavy (non-hydrogen) atoms. The van der Waals surface area contributed by atoms with Crippen LogP contribution >= 0.6 is 24.0 Å². The first-order valence-electron chi connectivity index (χ1n) is 7.51. The van der Waals surface area contributed by atoms with Crippen molar-refractivity contribution in [2.45, 2.75) is 26.8 Å². The van der Waals surface area contributed by atoms with Gasteiger partial charge in [0.2, 0.25) is 0 Å². The summed E-state index contributed by atoms with van der Waals surface area (Å²) in [5, 5.41) is 3.09. The minimum atomic E-state index is 0. The monoisotopic (exact) mass is 409 g/mol. The van der Waals surface area contributed by atoms with Crippen LogP contribution in [0.3, 0.4) is 0 Å². The molecule has 0 saturated carbocycles. The average molecular weight is 409 g/mol. The molecule has 1 aliphatic rings. The highest BCUT2D eigenvalue weighted by Gasteiger charge is 2.24. The summed E-state index contributed by atoms with van der Waals surface area (Å²) in [5.74, 6) is 1.10. The second kappa shape index (κ2) is 10.4. The Hall–Kier alpha value is -0.340. The van der Waals surface area contributed by atoms with Gasteiger partial charge in [-0.25, -0.2) is 0 Å². The van der Waals surface area contributed by atoms with Crippen molar-refractivity contribution in [2.24, 2.45) is 16.6 Å². The molecule has 0 amide bonds. The molecule has 5 nitrogen and oxygen atoms in total. The minimum absolute atomic E-state index is 0. The first kappa shape index (κ1) is 20.7. The zero-order valence-electron chi connectivity index (χ0n) is 13.9. The van der Waals surface area contributed by atoms with Crippen LogP contribution in [0.1, 0.15) is 20.8 Å². The first-order chi connectivity index (χ1) is 9.40. The van der Waals surface area contributed by atoms with E-state index in [-0.39, 0.29) is 24.0 Å². The lowest BCUT2D eigenvalue weighted by molar-refractivity contribution is 0.0925. The molecule has 1 rings (SSSR count). The topological polar surface area (TPSA) is 56.9 Å². The molecule has 1 atom stereocenters. The van der Waals surface area contributed by atoms with Gasteiger partial charge in [-0.2, -0.15) is 0 Å². The predicted octanol–water partition coefficient (Wildman–Crippen LogP) is 1.36. The third kappa shape index (κ3) is 8.01. The Morgan fingerprint density at radius 3 is 2.33 bits per heavy atom. The Balaban J connectivity index is 0.00000400. The van der Waals surface area contributed by atoms with Crippen LogP contribution in [-0.2, 0) is 0 Å². The number of nitrogens with one attached hydrogen (secondary N) is 1. The molecule has 0 bridgehead atoms. The summed E-state index contributed by atoms with van der Waals surface area (Å²) < 4.78 is 0. The lowest BCUT2D eigenvalue weighted by atomic mass is 10.0. The van der Waals surface area contributed by atoms with E-state index >= 15 is 0 Å². The molecule has 0 aliphatic carbocycles. The van der Waals surface area contributed by atoms with Gasteiger partial charge in [-0.05, 0) is 19.9 Å². The summed E-state index contributed by atoms with van der Waals surface area (Å²) in [6.45, 7) is 16.3. The van der Waals surface area contributed by atoms with Gasteiger partial charge in [0.05, 0.1) is 6.54 Å². The van der Waals surface area contributed by atoms with Gasteiger partial charge in [0, 0.05) is 38.8 Å². The van der Waals surface area contributed by atoms with Crippen molar-refractivity contribution in [3.8, 4) is 0 Å². The van der Waals surface area contributed by atoms with Crippen LogP contribution in [-0.4, -0.2) is 68.1 Å². The summed E-state index contributed by atoms with van der Waals surface area (Å²) in [4.78, 5) is 9.42. The lowest BCUT2D eigenvalue weighted by Crippen LogP contribution is -2.52. The minimum Gasteiger partial charge on any atom is -0.370 e. The van der Waals surface area contributed by atoms with Crippen LogP contribution in [0.25, 0.3) is 0 Å². The molecule has 0 aromatic heterocycles. The number of nitrogens with two attached hydrogens (primary N) is 1. The highest BCUT2D eigenvalue weighted by molar-refractivity contribution is 14.0. The number of halogens is 1. The van der Waals surface area contributed by atoms with E-state index in [1.165, 1.54) is 0 Å². The molecule has 1 fully saturated rings. The number of hydrogen-bond donors (Lipinski definition) is 2. The van der Waals surface area contributed by atoms with E-state index in [2.05, 4.69) is 47.6 Å². The van der Waals surface area contributed by atoms with E-state index in [4.69, 9.17) is 5.73 Å². The third-order valence-electron chi connectivity index (χ3n) is 3.80. The smallest absolute Gasteiger partial charge is 0.188 e. The second-order valence-corrected chi connectivity index (χ2v) is 6.19. The number of guanidine groups is 1. The Labute approximate surface area is 147 Å². The van der Waals surface area contributed by atoms with Crippen molar-refractivity contribution in [1.29, 1.82) is 0 Å². The molecule has 6 heteroatoms.